The van der Waals surface area contributed by atoms with E-state index in [2.05, 4.69) is 10.6 Å². The molecule has 1 saturated heterocycles. The summed E-state index contributed by atoms with van der Waals surface area (Å²) in [7, 11) is 0. The lowest BCUT2D eigenvalue weighted by Crippen LogP contribution is -2.54. The number of hydrogen-bond acceptors (Lipinski definition) is 6. The van der Waals surface area contributed by atoms with Gasteiger partial charge in [0.15, 0.2) is 6.61 Å². The van der Waals surface area contributed by atoms with Crippen molar-refractivity contribution in [2.75, 3.05) is 18.5 Å². The molecule has 1 heterocycles. The second kappa shape index (κ2) is 9.63. The first-order valence-corrected chi connectivity index (χ1v) is 10.7. The van der Waals surface area contributed by atoms with Gasteiger partial charge in [-0.05, 0) is 30.9 Å². The number of imide groups is 1. The number of hydrogen-bond donors (Lipinski definition) is 2. The van der Waals surface area contributed by atoms with Crippen LogP contribution < -0.4 is 10.6 Å². The Morgan fingerprint density at radius 3 is 2.77 bits per heavy atom. The minimum Gasteiger partial charge on any atom is -0.454 e. The van der Waals surface area contributed by atoms with Crippen LogP contribution in [-0.4, -0.2) is 53.2 Å². The van der Waals surface area contributed by atoms with Crippen LogP contribution in [0.15, 0.2) is 29.2 Å². The van der Waals surface area contributed by atoms with Gasteiger partial charge in [-0.1, -0.05) is 43.7 Å². The Morgan fingerprint density at radius 2 is 2.06 bits per heavy atom. The Hall–Kier alpha value is -2.69. The summed E-state index contributed by atoms with van der Waals surface area (Å²) in [5.74, 6) is -4.81. The van der Waals surface area contributed by atoms with Crippen molar-refractivity contribution in [1.29, 1.82) is 0 Å². The third kappa shape index (κ3) is 5.15. The molecule has 0 radical (unpaired) electrons. The second-order valence-corrected chi connectivity index (χ2v) is 8.56. The number of nitrogens with zero attached hydrogens (tertiary/aromatic N) is 1. The molecule has 11 heteroatoms. The van der Waals surface area contributed by atoms with E-state index in [0.717, 1.165) is 24.2 Å². The van der Waals surface area contributed by atoms with Crippen molar-refractivity contribution in [3.05, 3.63) is 24.3 Å². The van der Waals surface area contributed by atoms with Crippen molar-refractivity contribution in [3.63, 3.8) is 0 Å². The fourth-order valence-corrected chi connectivity index (χ4v) is 4.51. The van der Waals surface area contributed by atoms with E-state index in [1.54, 1.807) is 12.1 Å². The second-order valence-electron chi connectivity index (χ2n) is 7.52. The lowest BCUT2D eigenvalue weighted by Gasteiger charge is -2.36. The fourth-order valence-electron chi connectivity index (χ4n) is 3.91. The van der Waals surface area contributed by atoms with E-state index in [4.69, 9.17) is 4.74 Å². The molecular formula is C20H23F2N3O5S. The highest BCUT2D eigenvalue weighted by atomic mass is 32.2. The summed E-state index contributed by atoms with van der Waals surface area (Å²) >= 11 is 0.280. The van der Waals surface area contributed by atoms with E-state index in [1.807, 2.05) is 6.92 Å². The van der Waals surface area contributed by atoms with Gasteiger partial charge in [-0.2, -0.15) is 8.78 Å². The van der Waals surface area contributed by atoms with Crippen LogP contribution in [-0.2, 0) is 19.1 Å². The van der Waals surface area contributed by atoms with Crippen LogP contribution in [0.5, 0.6) is 0 Å². The largest absolute Gasteiger partial charge is 0.454 e. The van der Waals surface area contributed by atoms with Crippen LogP contribution in [0.3, 0.4) is 0 Å². The number of para-hydroxylation sites is 1. The number of alkyl halides is 2. The van der Waals surface area contributed by atoms with Crippen LogP contribution in [0.1, 0.15) is 32.6 Å². The molecule has 3 rings (SSSR count). The minimum atomic E-state index is -2.66. The van der Waals surface area contributed by atoms with E-state index in [9.17, 15) is 28.0 Å². The summed E-state index contributed by atoms with van der Waals surface area (Å²) in [5, 5.41) is 5.13. The van der Waals surface area contributed by atoms with E-state index in [-0.39, 0.29) is 28.3 Å². The summed E-state index contributed by atoms with van der Waals surface area (Å²) in [4.78, 5) is 50.3. The van der Waals surface area contributed by atoms with Crippen LogP contribution in [0.4, 0.5) is 19.3 Å². The maximum Gasteiger partial charge on any atom is 0.326 e. The molecule has 1 aliphatic carbocycles. The molecule has 0 unspecified atom stereocenters. The van der Waals surface area contributed by atoms with Gasteiger partial charge >= 0.3 is 12.0 Å². The Morgan fingerprint density at radius 1 is 1.32 bits per heavy atom. The number of esters is 1. The summed E-state index contributed by atoms with van der Waals surface area (Å²) < 4.78 is 30.1. The number of thioether (sulfide) groups is 1. The van der Waals surface area contributed by atoms with E-state index >= 15 is 0 Å². The molecule has 1 spiro atoms. The molecular weight excluding hydrogens is 432 g/mol. The molecule has 2 N–H and O–H groups in total. The zero-order valence-electron chi connectivity index (χ0n) is 16.9. The topological polar surface area (TPSA) is 105 Å². The highest BCUT2D eigenvalue weighted by Crippen LogP contribution is 2.38. The molecule has 1 aromatic carbocycles. The molecule has 2 atom stereocenters. The quantitative estimate of drug-likeness (QED) is 0.372. The maximum atomic E-state index is 12.8. The highest BCUT2D eigenvalue weighted by molar-refractivity contribution is 7.99. The number of carbonyl (C=O) groups excluding carboxylic acids is 4. The molecule has 0 aromatic heterocycles. The molecule has 1 aliphatic heterocycles. The van der Waals surface area contributed by atoms with Crippen LogP contribution in [0.2, 0.25) is 0 Å². The lowest BCUT2D eigenvalue weighted by atomic mass is 9.73. The van der Waals surface area contributed by atoms with Crippen molar-refractivity contribution < 1.29 is 32.7 Å². The summed E-state index contributed by atoms with van der Waals surface area (Å²) in [5.41, 5.74) is -0.824. The molecule has 0 bridgehead atoms. The predicted octanol–water partition coefficient (Wildman–Crippen LogP) is 2.98. The Kier molecular flexibility index (Phi) is 7.14. The minimum absolute atomic E-state index is 0.0457. The average molecular weight is 455 g/mol. The first kappa shape index (κ1) is 23.0. The van der Waals surface area contributed by atoms with Gasteiger partial charge in [-0.25, -0.2) is 4.79 Å². The van der Waals surface area contributed by atoms with Gasteiger partial charge < -0.3 is 15.4 Å². The van der Waals surface area contributed by atoms with E-state index < -0.39 is 48.3 Å². The number of nitrogens with one attached hydrogen (secondary N) is 2. The number of benzene rings is 1. The Labute approximate surface area is 182 Å². The smallest absolute Gasteiger partial charge is 0.326 e. The standard InChI is InChI=1S/C20H23F2N3O5S/c1-12-6-4-5-9-20(12)17(28)25(19(29)24-20)10-16(27)30-11-15(26)23-13-7-2-3-8-14(13)31-18(21)22/h2-3,7-8,12,18H,4-6,9-11H2,1H3,(H,23,26)(H,24,29)/t12-,20-/m0/s1. The molecule has 1 saturated carbocycles. The van der Waals surface area contributed by atoms with Crippen molar-refractivity contribution in [3.8, 4) is 0 Å². The molecule has 8 nitrogen and oxygen atoms in total. The first-order chi connectivity index (χ1) is 14.7. The number of anilines is 1. The third-order valence-electron chi connectivity index (χ3n) is 5.53. The molecule has 31 heavy (non-hydrogen) atoms. The molecule has 2 aliphatic rings. The summed E-state index contributed by atoms with van der Waals surface area (Å²) in [6.45, 7) is 0.607. The predicted molar refractivity (Wildman–Crippen MR) is 108 cm³/mol. The van der Waals surface area contributed by atoms with Gasteiger partial charge in [0.1, 0.15) is 12.1 Å². The van der Waals surface area contributed by atoms with Crippen molar-refractivity contribution in [1.82, 2.24) is 10.2 Å². The van der Waals surface area contributed by atoms with E-state index in [0.29, 0.717) is 6.42 Å². The zero-order valence-corrected chi connectivity index (χ0v) is 17.7. The van der Waals surface area contributed by atoms with Gasteiger partial charge in [-0.15, -0.1) is 0 Å². The average Bonchev–Trinajstić information content (AvgIpc) is 2.95. The summed E-state index contributed by atoms with van der Waals surface area (Å²) in [6, 6.07) is 5.34. The van der Waals surface area contributed by atoms with Gasteiger partial charge in [0.2, 0.25) is 0 Å². The molecule has 168 valence electrons. The monoisotopic (exact) mass is 455 g/mol. The van der Waals surface area contributed by atoms with Crippen molar-refractivity contribution in [2.45, 2.75) is 48.8 Å². The molecule has 2 fully saturated rings. The van der Waals surface area contributed by atoms with Crippen LogP contribution in [0.25, 0.3) is 0 Å². The fraction of sp³-hybridized carbons (Fsp3) is 0.500. The number of carbonyl (C=O) groups is 4. The molecule has 4 amide bonds. The summed E-state index contributed by atoms with van der Waals surface area (Å²) in [6.07, 6.45) is 3.10. The lowest BCUT2D eigenvalue weighted by molar-refractivity contribution is -0.150. The van der Waals surface area contributed by atoms with Gasteiger partial charge in [0, 0.05) is 4.90 Å². The first-order valence-electron chi connectivity index (χ1n) is 9.86. The van der Waals surface area contributed by atoms with E-state index in [1.165, 1.54) is 12.1 Å². The normalized spacial score (nSPS) is 23.2. The van der Waals surface area contributed by atoms with Gasteiger partial charge in [-0.3, -0.25) is 19.3 Å². The SMILES string of the molecule is C[C@H]1CCCC[C@]12NC(=O)N(CC(=O)OCC(=O)Nc1ccccc1SC(F)F)C2=O. The van der Waals surface area contributed by atoms with Crippen LogP contribution >= 0.6 is 11.8 Å². The van der Waals surface area contributed by atoms with Gasteiger partial charge in [0.25, 0.3) is 17.6 Å². The Bertz CT molecular complexity index is 884. The van der Waals surface area contributed by atoms with Crippen molar-refractivity contribution >= 4 is 41.3 Å². The number of halogens is 2. The third-order valence-corrected chi connectivity index (χ3v) is 6.32. The number of ether oxygens (including phenoxy) is 1. The Balaban J connectivity index is 1.53. The zero-order chi connectivity index (χ0) is 22.6. The number of urea groups is 1. The van der Waals surface area contributed by atoms with Crippen molar-refractivity contribution in [2.24, 2.45) is 5.92 Å². The maximum absolute atomic E-state index is 12.8. The number of rotatable bonds is 7. The highest BCUT2D eigenvalue weighted by Gasteiger charge is 2.55. The van der Waals surface area contributed by atoms with Gasteiger partial charge in [0.05, 0.1) is 5.69 Å². The number of amides is 4. The molecule has 1 aromatic rings. The van der Waals surface area contributed by atoms with Crippen LogP contribution in [0, 0.1) is 5.92 Å².